The van der Waals surface area contributed by atoms with Crippen LogP contribution in [0.25, 0.3) is 0 Å². The predicted molar refractivity (Wildman–Crippen MR) is 74.1 cm³/mol. The highest BCUT2D eigenvalue weighted by Crippen LogP contribution is 2.54. The fourth-order valence-corrected chi connectivity index (χ4v) is 5.09. The minimum Gasteiger partial charge on any atom is -0.444 e. The third kappa shape index (κ3) is 2.01. The third-order valence-electron chi connectivity index (χ3n) is 6.14. The first-order valence-corrected chi connectivity index (χ1v) is 7.94. The number of nitrogens with two attached hydrogens (primary N) is 1. The lowest BCUT2D eigenvalue weighted by Gasteiger charge is -2.53. The van der Waals surface area contributed by atoms with Gasteiger partial charge in [0.25, 0.3) is 0 Å². The molecule has 3 unspecified atom stereocenters. The highest BCUT2D eigenvalue weighted by atomic mass is 16.6. The van der Waals surface area contributed by atoms with E-state index in [4.69, 9.17) is 10.5 Å². The van der Waals surface area contributed by atoms with Crippen LogP contribution in [0.3, 0.4) is 0 Å². The van der Waals surface area contributed by atoms with Crippen LogP contribution in [0.2, 0.25) is 0 Å². The van der Waals surface area contributed by atoms with Crippen LogP contribution < -0.4 is 5.73 Å². The fourth-order valence-electron chi connectivity index (χ4n) is 5.09. The number of carbonyl (C=O) groups is 1. The summed E-state index contributed by atoms with van der Waals surface area (Å²) in [6.45, 7) is 6.64. The van der Waals surface area contributed by atoms with Crippen LogP contribution in [0.5, 0.6) is 0 Å². The molecule has 3 fully saturated rings. The van der Waals surface area contributed by atoms with Crippen molar-refractivity contribution >= 4 is 5.97 Å². The molecule has 0 aromatic heterocycles. The Labute approximate surface area is 116 Å². The molecule has 0 spiro atoms. The Bertz CT molecular complexity index is 383. The number of esters is 1. The van der Waals surface area contributed by atoms with Gasteiger partial charge in [0.05, 0.1) is 5.92 Å². The van der Waals surface area contributed by atoms with Crippen molar-refractivity contribution < 1.29 is 9.53 Å². The molecule has 1 saturated heterocycles. The minimum absolute atomic E-state index is 0.0325. The molecule has 1 aliphatic heterocycles. The lowest BCUT2D eigenvalue weighted by atomic mass is 9.58. The van der Waals surface area contributed by atoms with Crippen molar-refractivity contribution in [3.05, 3.63) is 0 Å². The lowest BCUT2D eigenvalue weighted by Crippen LogP contribution is -2.63. The van der Waals surface area contributed by atoms with E-state index in [-0.39, 0.29) is 11.9 Å². The van der Waals surface area contributed by atoms with E-state index in [9.17, 15) is 4.79 Å². The van der Waals surface area contributed by atoms with Crippen LogP contribution in [0.4, 0.5) is 0 Å². The Morgan fingerprint density at radius 2 is 1.79 bits per heavy atom. The summed E-state index contributed by atoms with van der Waals surface area (Å²) < 4.78 is 5.76. The molecular weight excluding hydrogens is 238 g/mol. The normalized spacial score (nSPS) is 54.0. The quantitative estimate of drug-likeness (QED) is 0.685. The number of carbonyl (C=O) groups excluding carboxylic acids is 1. The molecule has 2 aliphatic carbocycles. The summed E-state index contributed by atoms with van der Waals surface area (Å²) in [6, 6.07) is 0. The molecule has 3 rings (SSSR count). The van der Waals surface area contributed by atoms with E-state index in [0.29, 0.717) is 23.7 Å². The highest BCUT2D eigenvalue weighted by molar-refractivity contribution is 5.74. The SMILES string of the molecule is C[C@H]1CCC2C3C(CC[C@H]2C)[C@@H](C)C(=O)O[C@]3(N)C1. The van der Waals surface area contributed by atoms with E-state index in [1.165, 1.54) is 19.3 Å². The highest BCUT2D eigenvalue weighted by Gasteiger charge is 2.57. The fraction of sp³-hybridized carbons (Fsp3) is 0.938. The van der Waals surface area contributed by atoms with Gasteiger partial charge in [0.2, 0.25) is 0 Å². The summed E-state index contributed by atoms with van der Waals surface area (Å²) in [7, 11) is 0. The number of rotatable bonds is 0. The maximum atomic E-state index is 12.2. The van der Waals surface area contributed by atoms with E-state index in [1.54, 1.807) is 0 Å². The van der Waals surface area contributed by atoms with Gasteiger partial charge < -0.3 is 4.74 Å². The van der Waals surface area contributed by atoms with Crippen LogP contribution >= 0.6 is 0 Å². The Kier molecular flexibility index (Phi) is 3.16. The van der Waals surface area contributed by atoms with Crippen molar-refractivity contribution in [3.8, 4) is 0 Å². The van der Waals surface area contributed by atoms with Crippen LogP contribution in [-0.4, -0.2) is 11.7 Å². The molecule has 2 N–H and O–H groups in total. The summed E-state index contributed by atoms with van der Waals surface area (Å²) in [5, 5.41) is 0. The van der Waals surface area contributed by atoms with Crippen molar-refractivity contribution in [2.75, 3.05) is 0 Å². The van der Waals surface area contributed by atoms with E-state index in [0.717, 1.165) is 18.8 Å². The summed E-state index contributed by atoms with van der Waals surface area (Å²) in [4.78, 5) is 12.2. The molecule has 3 aliphatic rings. The zero-order valence-corrected chi connectivity index (χ0v) is 12.4. The van der Waals surface area contributed by atoms with E-state index in [1.807, 2.05) is 6.92 Å². The first kappa shape index (κ1) is 13.4. The predicted octanol–water partition coefficient (Wildman–Crippen LogP) is 2.93. The van der Waals surface area contributed by atoms with Gasteiger partial charge in [-0.1, -0.05) is 33.6 Å². The summed E-state index contributed by atoms with van der Waals surface area (Å²) >= 11 is 0. The van der Waals surface area contributed by atoms with Crippen LogP contribution in [-0.2, 0) is 9.53 Å². The Morgan fingerprint density at radius 1 is 1.11 bits per heavy atom. The van der Waals surface area contributed by atoms with E-state index in [2.05, 4.69) is 13.8 Å². The van der Waals surface area contributed by atoms with Gasteiger partial charge in [0.1, 0.15) is 0 Å². The molecule has 1 heterocycles. The topological polar surface area (TPSA) is 52.3 Å². The van der Waals surface area contributed by atoms with Crippen LogP contribution in [0, 0.1) is 35.5 Å². The molecule has 3 nitrogen and oxygen atoms in total. The second-order valence-corrected chi connectivity index (χ2v) is 7.46. The van der Waals surface area contributed by atoms with Gasteiger partial charge in [0.15, 0.2) is 5.72 Å². The van der Waals surface area contributed by atoms with Crippen molar-refractivity contribution in [1.29, 1.82) is 0 Å². The average molecular weight is 265 g/mol. The largest absolute Gasteiger partial charge is 0.444 e. The second-order valence-electron chi connectivity index (χ2n) is 7.46. The van der Waals surface area contributed by atoms with Crippen molar-refractivity contribution in [3.63, 3.8) is 0 Å². The zero-order chi connectivity index (χ0) is 13.8. The molecule has 0 amide bonds. The van der Waals surface area contributed by atoms with Gasteiger partial charge in [-0.3, -0.25) is 10.5 Å². The summed E-state index contributed by atoms with van der Waals surface area (Å²) in [5.41, 5.74) is 5.93. The monoisotopic (exact) mass is 265 g/mol. The Balaban J connectivity index is 2.01. The first-order valence-electron chi connectivity index (χ1n) is 7.94. The summed E-state index contributed by atoms with van der Waals surface area (Å²) in [6.07, 6.45) is 5.71. The van der Waals surface area contributed by atoms with Crippen molar-refractivity contribution in [2.45, 2.75) is 58.6 Å². The maximum Gasteiger partial charge on any atom is 0.310 e. The third-order valence-corrected chi connectivity index (χ3v) is 6.14. The minimum atomic E-state index is -0.691. The standard InChI is InChI=1S/C16H27NO2/c1-9-4-6-12-10(2)5-7-13-11(3)15(18)19-16(17,8-9)14(12)13/h9-14H,4-8,17H2,1-3H3/t9-,10+,11+,12?,13?,14?,16+/m0/s1. The molecular formula is C16H27NO2. The molecule has 0 aromatic carbocycles. The molecule has 19 heavy (non-hydrogen) atoms. The van der Waals surface area contributed by atoms with Crippen molar-refractivity contribution in [2.24, 2.45) is 41.2 Å². The zero-order valence-electron chi connectivity index (χ0n) is 12.4. The molecule has 3 heteroatoms. The summed E-state index contributed by atoms with van der Waals surface area (Å²) in [5.74, 6) is 2.72. The molecule has 0 bridgehead atoms. The number of hydrogen-bond donors (Lipinski definition) is 1. The molecule has 0 aromatic rings. The molecule has 7 atom stereocenters. The van der Waals surface area contributed by atoms with Crippen LogP contribution in [0.15, 0.2) is 0 Å². The Hall–Kier alpha value is -0.570. The smallest absolute Gasteiger partial charge is 0.310 e. The number of hydrogen-bond acceptors (Lipinski definition) is 3. The second kappa shape index (κ2) is 4.47. The van der Waals surface area contributed by atoms with Crippen LogP contribution in [0.1, 0.15) is 52.9 Å². The van der Waals surface area contributed by atoms with Crippen molar-refractivity contribution in [1.82, 2.24) is 0 Å². The maximum absolute atomic E-state index is 12.2. The van der Waals surface area contributed by atoms with Gasteiger partial charge in [-0.15, -0.1) is 0 Å². The van der Waals surface area contributed by atoms with Gasteiger partial charge >= 0.3 is 5.97 Å². The molecule has 2 saturated carbocycles. The van der Waals surface area contributed by atoms with E-state index >= 15 is 0 Å². The van der Waals surface area contributed by atoms with Gasteiger partial charge in [0, 0.05) is 12.3 Å². The molecule has 108 valence electrons. The first-order chi connectivity index (χ1) is 8.92. The lowest BCUT2D eigenvalue weighted by molar-refractivity contribution is -0.208. The van der Waals surface area contributed by atoms with Gasteiger partial charge in [-0.2, -0.15) is 0 Å². The number of ether oxygens (including phenoxy) is 1. The van der Waals surface area contributed by atoms with E-state index < -0.39 is 5.72 Å². The molecule has 0 radical (unpaired) electrons. The average Bonchev–Trinajstić information content (AvgIpc) is 2.46. The Morgan fingerprint density at radius 3 is 2.53 bits per heavy atom. The van der Waals surface area contributed by atoms with Gasteiger partial charge in [-0.25, -0.2) is 0 Å². The van der Waals surface area contributed by atoms with Gasteiger partial charge in [-0.05, 0) is 36.5 Å².